The van der Waals surface area contributed by atoms with Crippen LogP contribution in [0.5, 0.6) is 5.75 Å². The summed E-state index contributed by atoms with van der Waals surface area (Å²) in [5, 5.41) is 9.13. The Bertz CT molecular complexity index is 644. The topological polar surface area (TPSA) is 85.4 Å². The minimum Gasteiger partial charge on any atom is -0.496 e. The lowest BCUT2D eigenvalue weighted by Gasteiger charge is -2.11. The van der Waals surface area contributed by atoms with Crippen molar-refractivity contribution < 1.29 is 19.0 Å². The van der Waals surface area contributed by atoms with Crippen LogP contribution < -0.4 is 10.5 Å². The first-order valence-corrected chi connectivity index (χ1v) is 5.36. The maximum atomic E-state index is 13.3. The summed E-state index contributed by atoms with van der Waals surface area (Å²) < 4.78 is 18.4. The molecule has 0 amide bonds. The fraction of sp³-hybridized carbons (Fsp3) is 0.0769. The molecule has 0 fully saturated rings. The average molecular weight is 262 g/mol. The molecule has 0 spiro atoms. The summed E-state index contributed by atoms with van der Waals surface area (Å²) in [6.07, 6.45) is 0. The smallest absolute Gasteiger partial charge is 0.355 e. The third kappa shape index (κ3) is 2.47. The minimum atomic E-state index is -1.24. The third-order valence-corrected chi connectivity index (χ3v) is 2.57. The van der Waals surface area contributed by atoms with E-state index in [4.69, 9.17) is 15.6 Å². The Kier molecular flexibility index (Phi) is 3.33. The first-order valence-electron chi connectivity index (χ1n) is 5.36. The zero-order valence-electron chi connectivity index (χ0n) is 10.1. The average Bonchev–Trinajstić information content (AvgIpc) is 2.38. The van der Waals surface area contributed by atoms with Gasteiger partial charge in [-0.2, -0.15) is 0 Å². The highest BCUT2D eigenvalue weighted by Gasteiger charge is 2.17. The monoisotopic (exact) mass is 262 g/mol. The summed E-state index contributed by atoms with van der Waals surface area (Å²) >= 11 is 0. The van der Waals surface area contributed by atoms with E-state index >= 15 is 0 Å². The number of nitrogens with two attached hydrogens (primary N) is 1. The van der Waals surface area contributed by atoms with Gasteiger partial charge in [0.1, 0.15) is 17.4 Å². The first-order chi connectivity index (χ1) is 9.02. The van der Waals surface area contributed by atoms with Crippen molar-refractivity contribution in [2.45, 2.75) is 0 Å². The van der Waals surface area contributed by atoms with E-state index < -0.39 is 11.8 Å². The standard InChI is InChI=1S/C13H11FN2O3/c1-19-10-4-2-7(14)6-9(10)8-3-5-11(15)16-12(8)13(17)18/h2-6H,1H3,(H2,15,16)(H,17,18). The number of benzene rings is 1. The van der Waals surface area contributed by atoms with Crippen LogP contribution in [0.4, 0.5) is 10.2 Å². The lowest BCUT2D eigenvalue weighted by molar-refractivity contribution is 0.0691. The lowest BCUT2D eigenvalue weighted by Crippen LogP contribution is -2.06. The molecule has 0 aliphatic heterocycles. The van der Waals surface area contributed by atoms with E-state index in [0.29, 0.717) is 11.3 Å². The minimum absolute atomic E-state index is 0.0801. The largest absolute Gasteiger partial charge is 0.496 e. The first kappa shape index (κ1) is 12.8. The Labute approximate surface area is 108 Å². The molecule has 0 radical (unpaired) electrons. The SMILES string of the molecule is COc1ccc(F)cc1-c1ccc(N)nc1C(=O)O. The fourth-order valence-electron chi connectivity index (χ4n) is 1.75. The number of hydrogen-bond donors (Lipinski definition) is 2. The Hall–Kier alpha value is -2.63. The molecule has 2 aromatic rings. The molecule has 1 heterocycles. The maximum Gasteiger partial charge on any atom is 0.355 e. The Balaban J connectivity index is 2.71. The molecule has 3 N–H and O–H groups in total. The van der Waals surface area contributed by atoms with E-state index in [-0.39, 0.29) is 17.1 Å². The number of halogens is 1. The zero-order chi connectivity index (χ0) is 14.0. The Morgan fingerprint density at radius 3 is 2.68 bits per heavy atom. The molecule has 1 aromatic heterocycles. The van der Waals surface area contributed by atoms with E-state index in [1.54, 1.807) is 0 Å². The number of hydrogen-bond acceptors (Lipinski definition) is 4. The number of carboxylic acid groups (broad SMARTS) is 1. The molecule has 0 bridgehead atoms. The molecule has 1 aromatic carbocycles. The fourth-order valence-corrected chi connectivity index (χ4v) is 1.75. The summed E-state index contributed by atoms with van der Waals surface area (Å²) in [6, 6.07) is 6.77. The Morgan fingerprint density at radius 1 is 1.32 bits per heavy atom. The van der Waals surface area contributed by atoms with Gasteiger partial charge in [-0.05, 0) is 30.3 Å². The number of carboxylic acids is 1. The van der Waals surface area contributed by atoms with Crippen molar-refractivity contribution in [3.63, 3.8) is 0 Å². The van der Waals surface area contributed by atoms with Crippen LogP contribution in [-0.4, -0.2) is 23.2 Å². The number of pyridine rings is 1. The van der Waals surface area contributed by atoms with Crippen molar-refractivity contribution in [1.82, 2.24) is 4.98 Å². The summed E-state index contributed by atoms with van der Waals surface area (Å²) in [5.41, 5.74) is 5.78. The maximum absolute atomic E-state index is 13.3. The van der Waals surface area contributed by atoms with Crippen LogP contribution in [0.15, 0.2) is 30.3 Å². The van der Waals surface area contributed by atoms with Crippen molar-refractivity contribution in [2.75, 3.05) is 12.8 Å². The van der Waals surface area contributed by atoms with Crippen molar-refractivity contribution in [3.05, 3.63) is 41.8 Å². The van der Waals surface area contributed by atoms with Crippen LogP contribution >= 0.6 is 0 Å². The highest BCUT2D eigenvalue weighted by atomic mass is 19.1. The molecule has 0 saturated heterocycles. The highest BCUT2D eigenvalue weighted by molar-refractivity contribution is 5.95. The molecule has 0 aliphatic rings. The highest BCUT2D eigenvalue weighted by Crippen LogP contribution is 2.32. The molecule has 0 unspecified atom stereocenters. The van der Waals surface area contributed by atoms with E-state index in [1.165, 1.54) is 37.4 Å². The number of nitrogen functional groups attached to an aromatic ring is 1. The second kappa shape index (κ2) is 4.93. The van der Waals surface area contributed by atoms with Crippen LogP contribution in [-0.2, 0) is 0 Å². The summed E-state index contributed by atoms with van der Waals surface area (Å²) in [5.74, 6) is -1.30. The van der Waals surface area contributed by atoms with Gasteiger partial charge in [-0.1, -0.05) is 0 Å². The summed E-state index contributed by atoms with van der Waals surface area (Å²) in [7, 11) is 1.42. The van der Waals surface area contributed by atoms with Crippen molar-refractivity contribution in [3.8, 4) is 16.9 Å². The van der Waals surface area contributed by atoms with E-state index in [9.17, 15) is 9.18 Å². The van der Waals surface area contributed by atoms with Gasteiger partial charge >= 0.3 is 5.97 Å². The van der Waals surface area contributed by atoms with Crippen LogP contribution in [0.1, 0.15) is 10.5 Å². The van der Waals surface area contributed by atoms with Gasteiger partial charge in [0.25, 0.3) is 0 Å². The number of nitrogens with zero attached hydrogens (tertiary/aromatic N) is 1. The molecule has 2 rings (SSSR count). The van der Waals surface area contributed by atoms with Gasteiger partial charge in [0.2, 0.25) is 0 Å². The lowest BCUT2D eigenvalue weighted by atomic mass is 10.0. The molecule has 0 saturated carbocycles. The molecule has 0 atom stereocenters. The van der Waals surface area contributed by atoms with E-state index in [1.807, 2.05) is 0 Å². The Morgan fingerprint density at radius 2 is 2.05 bits per heavy atom. The van der Waals surface area contributed by atoms with E-state index in [0.717, 1.165) is 0 Å². The van der Waals surface area contributed by atoms with Gasteiger partial charge in [-0.15, -0.1) is 0 Å². The normalized spacial score (nSPS) is 10.2. The van der Waals surface area contributed by atoms with Crippen LogP contribution in [0.3, 0.4) is 0 Å². The van der Waals surface area contributed by atoms with Crippen molar-refractivity contribution in [2.24, 2.45) is 0 Å². The quantitative estimate of drug-likeness (QED) is 0.885. The number of methoxy groups -OCH3 is 1. The predicted molar refractivity (Wildman–Crippen MR) is 67.6 cm³/mol. The summed E-state index contributed by atoms with van der Waals surface area (Å²) in [6.45, 7) is 0. The third-order valence-electron chi connectivity index (χ3n) is 2.57. The van der Waals surface area contributed by atoms with Crippen LogP contribution in [0, 0.1) is 5.82 Å². The summed E-state index contributed by atoms with van der Waals surface area (Å²) in [4.78, 5) is 14.9. The molecule has 5 nitrogen and oxygen atoms in total. The van der Waals surface area contributed by atoms with Gasteiger partial charge in [0.05, 0.1) is 7.11 Å². The number of rotatable bonds is 3. The van der Waals surface area contributed by atoms with Crippen LogP contribution in [0.2, 0.25) is 0 Å². The number of anilines is 1. The predicted octanol–water partition coefficient (Wildman–Crippen LogP) is 2.18. The molecule has 6 heteroatoms. The number of ether oxygens (including phenoxy) is 1. The number of carbonyl (C=O) groups is 1. The van der Waals surface area contributed by atoms with Gasteiger partial charge in [0, 0.05) is 11.1 Å². The second-order valence-corrected chi connectivity index (χ2v) is 3.78. The molecule has 0 aliphatic carbocycles. The van der Waals surface area contributed by atoms with E-state index in [2.05, 4.69) is 4.98 Å². The van der Waals surface area contributed by atoms with Gasteiger partial charge in [0.15, 0.2) is 5.69 Å². The van der Waals surface area contributed by atoms with Crippen molar-refractivity contribution in [1.29, 1.82) is 0 Å². The van der Waals surface area contributed by atoms with Gasteiger partial charge in [-0.25, -0.2) is 14.2 Å². The molecular weight excluding hydrogens is 251 g/mol. The van der Waals surface area contributed by atoms with Gasteiger partial charge in [-0.3, -0.25) is 0 Å². The molecule has 19 heavy (non-hydrogen) atoms. The number of aromatic carboxylic acids is 1. The number of aromatic nitrogens is 1. The van der Waals surface area contributed by atoms with Crippen LogP contribution in [0.25, 0.3) is 11.1 Å². The molecular formula is C13H11FN2O3. The molecule has 98 valence electrons. The zero-order valence-corrected chi connectivity index (χ0v) is 10.1. The van der Waals surface area contributed by atoms with Crippen molar-refractivity contribution >= 4 is 11.8 Å². The van der Waals surface area contributed by atoms with Gasteiger partial charge < -0.3 is 15.6 Å². The second-order valence-electron chi connectivity index (χ2n) is 3.78.